The standard InChI is InChI=1S/C16H17N3O5/c1-8-7-24-15-11(14(21)19(15)12(8)16(22)23)18-13(20)10(17)9-5-3-2-4-6-9/h2-6,10-11,15H,7,17H2,1H3,(H,18,20)(H,22,23). The average Bonchev–Trinajstić information content (AvgIpc) is 2.59. The second-order valence-electron chi connectivity index (χ2n) is 5.72. The zero-order chi connectivity index (χ0) is 17.4. The lowest BCUT2D eigenvalue weighted by molar-refractivity contribution is -0.184. The van der Waals surface area contributed by atoms with Gasteiger partial charge in [0.05, 0.1) is 6.61 Å². The molecule has 1 aromatic carbocycles. The molecule has 2 heterocycles. The van der Waals surface area contributed by atoms with E-state index >= 15 is 0 Å². The van der Waals surface area contributed by atoms with E-state index in [2.05, 4.69) is 5.32 Å². The molecule has 3 unspecified atom stereocenters. The van der Waals surface area contributed by atoms with Crippen LogP contribution in [0.5, 0.6) is 0 Å². The Morgan fingerprint density at radius 1 is 1.38 bits per heavy atom. The Morgan fingerprint density at radius 2 is 2.04 bits per heavy atom. The van der Waals surface area contributed by atoms with Crippen LogP contribution in [0, 0.1) is 0 Å². The lowest BCUT2D eigenvalue weighted by Crippen LogP contribution is -2.73. The average molecular weight is 331 g/mol. The number of carboxylic acid groups (broad SMARTS) is 1. The molecule has 1 saturated heterocycles. The Morgan fingerprint density at radius 3 is 2.67 bits per heavy atom. The van der Waals surface area contributed by atoms with Crippen LogP contribution in [-0.2, 0) is 19.1 Å². The van der Waals surface area contributed by atoms with Crippen LogP contribution < -0.4 is 11.1 Å². The van der Waals surface area contributed by atoms with Crippen molar-refractivity contribution in [2.75, 3.05) is 6.61 Å². The van der Waals surface area contributed by atoms with Gasteiger partial charge in [0.2, 0.25) is 5.91 Å². The molecule has 0 bridgehead atoms. The molecule has 24 heavy (non-hydrogen) atoms. The molecule has 0 aliphatic carbocycles. The van der Waals surface area contributed by atoms with Gasteiger partial charge in [-0.3, -0.25) is 14.5 Å². The number of aliphatic carboxylic acids is 1. The molecule has 0 radical (unpaired) electrons. The zero-order valence-electron chi connectivity index (χ0n) is 12.9. The normalized spacial score (nSPS) is 24.1. The maximum atomic E-state index is 12.3. The molecule has 2 aliphatic heterocycles. The van der Waals surface area contributed by atoms with Crippen molar-refractivity contribution >= 4 is 17.8 Å². The van der Waals surface area contributed by atoms with Crippen LogP contribution in [0.4, 0.5) is 0 Å². The number of carbonyl (C=O) groups excluding carboxylic acids is 2. The van der Waals surface area contributed by atoms with Crippen molar-refractivity contribution in [2.24, 2.45) is 5.73 Å². The number of rotatable bonds is 4. The molecular weight excluding hydrogens is 314 g/mol. The quantitative estimate of drug-likeness (QED) is 0.653. The first-order chi connectivity index (χ1) is 11.4. The van der Waals surface area contributed by atoms with E-state index in [0.717, 1.165) is 4.90 Å². The number of hydrogen-bond acceptors (Lipinski definition) is 5. The summed E-state index contributed by atoms with van der Waals surface area (Å²) in [6, 6.07) is 6.89. The van der Waals surface area contributed by atoms with Gasteiger partial charge in [-0.25, -0.2) is 4.79 Å². The third kappa shape index (κ3) is 2.55. The largest absolute Gasteiger partial charge is 0.477 e. The maximum Gasteiger partial charge on any atom is 0.352 e. The summed E-state index contributed by atoms with van der Waals surface area (Å²) >= 11 is 0. The highest BCUT2D eigenvalue weighted by Crippen LogP contribution is 2.32. The molecule has 1 fully saturated rings. The van der Waals surface area contributed by atoms with Crippen LogP contribution in [0.1, 0.15) is 18.5 Å². The Kier molecular flexibility index (Phi) is 4.08. The number of amides is 2. The van der Waals surface area contributed by atoms with E-state index in [1.54, 1.807) is 37.3 Å². The smallest absolute Gasteiger partial charge is 0.352 e. The first-order valence-corrected chi connectivity index (χ1v) is 7.40. The van der Waals surface area contributed by atoms with Crippen LogP contribution in [0.25, 0.3) is 0 Å². The van der Waals surface area contributed by atoms with E-state index in [1.807, 2.05) is 0 Å². The summed E-state index contributed by atoms with van der Waals surface area (Å²) in [6.45, 7) is 1.68. The summed E-state index contributed by atoms with van der Waals surface area (Å²) in [7, 11) is 0. The molecule has 3 atom stereocenters. The topological polar surface area (TPSA) is 122 Å². The highest BCUT2D eigenvalue weighted by Gasteiger charge is 2.54. The SMILES string of the molecule is CC1=C(C(=O)O)N2C(=O)C(NC(=O)C(N)c3ccccc3)C2OC1. The third-order valence-electron chi connectivity index (χ3n) is 4.10. The number of carboxylic acids is 1. The van der Waals surface area contributed by atoms with Gasteiger partial charge in [0.1, 0.15) is 11.7 Å². The summed E-state index contributed by atoms with van der Waals surface area (Å²) in [5.41, 5.74) is 6.88. The molecule has 4 N–H and O–H groups in total. The van der Waals surface area contributed by atoms with E-state index < -0.39 is 36.1 Å². The van der Waals surface area contributed by atoms with E-state index in [1.165, 1.54) is 0 Å². The van der Waals surface area contributed by atoms with Gasteiger partial charge in [-0.05, 0) is 18.1 Å². The number of nitrogens with two attached hydrogens (primary N) is 1. The van der Waals surface area contributed by atoms with Gasteiger partial charge < -0.3 is 20.9 Å². The fourth-order valence-electron chi connectivity index (χ4n) is 2.83. The highest BCUT2D eigenvalue weighted by molar-refractivity contribution is 6.01. The van der Waals surface area contributed by atoms with E-state index in [4.69, 9.17) is 10.5 Å². The molecule has 1 aromatic rings. The second-order valence-corrected chi connectivity index (χ2v) is 5.72. The Labute approximate surface area is 137 Å². The van der Waals surface area contributed by atoms with Gasteiger partial charge in [-0.1, -0.05) is 30.3 Å². The summed E-state index contributed by atoms with van der Waals surface area (Å²) in [6.07, 6.45) is -0.820. The minimum Gasteiger partial charge on any atom is -0.477 e. The molecule has 0 aromatic heterocycles. The predicted octanol–water partition coefficient (Wildman–Crippen LogP) is -0.272. The van der Waals surface area contributed by atoms with Gasteiger partial charge >= 0.3 is 5.97 Å². The third-order valence-corrected chi connectivity index (χ3v) is 4.10. The number of β-lactam (4-membered cyclic amide) rings is 1. The summed E-state index contributed by atoms with van der Waals surface area (Å²) in [5, 5.41) is 11.8. The molecule has 3 rings (SSSR count). The van der Waals surface area contributed by atoms with Gasteiger partial charge in [0.15, 0.2) is 12.3 Å². The maximum absolute atomic E-state index is 12.3. The van der Waals surface area contributed by atoms with Crippen molar-refractivity contribution in [1.29, 1.82) is 0 Å². The first kappa shape index (κ1) is 16.2. The highest BCUT2D eigenvalue weighted by atomic mass is 16.5. The van der Waals surface area contributed by atoms with Gasteiger partial charge in [0.25, 0.3) is 5.91 Å². The molecule has 0 saturated carbocycles. The molecule has 2 aliphatic rings. The molecule has 0 spiro atoms. The Bertz CT molecular complexity index is 730. The molecule has 2 amide bonds. The fourth-order valence-corrected chi connectivity index (χ4v) is 2.83. The number of nitrogens with zero attached hydrogens (tertiary/aromatic N) is 1. The number of carbonyl (C=O) groups is 3. The molecule has 8 nitrogen and oxygen atoms in total. The van der Waals surface area contributed by atoms with Crippen LogP contribution in [0.15, 0.2) is 41.6 Å². The second kappa shape index (κ2) is 6.06. The predicted molar refractivity (Wildman–Crippen MR) is 82.2 cm³/mol. The van der Waals surface area contributed by atoms with Gasteiger partial charge in [-0.2, -0.15) is 0 Å². The van der Waals surface area contributed by atoms with Crippen molar-refractivity contribution in [3.8, 4) is 0 Å². The molecule has 8 heteroatoms. The Hall–Kier alpha value is -2.71. The monoisotopic (exact) mass is 331 g/mol. The number of fused-ring (bicyclic) bond motifs is 1. The first-order valence-electron chi connectivity index (χ1n) is 7.40. The lowest BCUT2D eigenvalue weighted by atomic mass is 9.98. The van der Waals surface area contributed by atoms with E-state index in [0.29, 0.717) is 11.1 Å². The summed E-state index contributed by atoms with van der Waals surface area (Å²) in [5.74, 6) is -2.24. The van der Waals surface area contributed by atoms with Crippen LogP contribution in [0.3, 0.4) is 0 Å². The number of hydrogen-bond donors (Lipinski definition) is 3. The minimum absolute atomic E-state index is 0.0888. The zero-order valence-corrected chi connectivity index (χ0v) is 12.9. The van der Waals surface area contributed by atoms with Crippen molar-refractivity contribution in [3.05, 3.63) is 47.2 Å². The van der Waals surface area contributed by atoms with Crippen LogP contribution >= 0.6 is 0 Å². The molecular formula is C16H17N3O5. The number of benzene rings is 1. The van der Waals surface area contributed by atoms with Gasteiger partial charge in [0, 0.05) is 0 Å². The van der Waals surface area contributed by atoms with Gasteiger partial charge in [-0.15, -0.1) is 0 Å². The van der Waals surface area contributed by atoms with E-state index in [-0.39, 0.29) is 12.3 Å². The summed E-state index contributed by atoms with van der Waals surface area (Å²) < 4.78 is 5.47. The fraction of sp³-hybridized carbons (Fsp3) is 0.312. The Balaban J connectivity index is 1.71. The van der Waals surface area contributed by atoms with Crippen LogP contribution in [-0.4, -0.2) is 46.7 Å². The van der Waals surface area contributed by atoms with Crippen molar-refractivity contribution in [1.82, 2.24) is 10.2 Å². The van der Waals surface area contributed by atoms with Crippen LogP contribution in [0.2, 0.25) is 0 Å². The van der Waals surface area contributed by atoms with Crippen molar-refractivity contribution in [2.45, 2.75) is 25.2 Å². The molecule has 126 valence electrons. The summed E-state index contributed by atoms with van der Waals surface area (Å²) in [4.78, 5) is 36.9. The number of nitrogens with one attached hydrogen (secondary N) is 1. The van der Waals surface area contributed by atoms with E-state index in [9.17, 15) is 19.5 Å². The van der Waals surface area contributed by atoms with Crippen molar-refractivity contribution in [3.63, 3.8) is 0 Å². The lowest BCUT2D eigenvalue weighted by Gasteiger charge is -2.49. The number of ether oxygens (including phenoxy) is 1. The van der Waals surface area contributed by atoms with Crippen molar-refractivity contribution < 1.29 is 24.2 Å². The minimum atomic E-state index is -1.19.